The third-order valence-electron chi connectivity index (χ3n) is 3.55. The van der Waals surface area contributed by atoms with Crippen LogP contribution >= 0.6 is 0 Å². The fourth-order valence-electron chi connectivity index (χ4n) is 2.57. The second-order valence-corrected chi connectivity index (χ2v) is 5.76. The molecule has 2 heterocycles. The Morgan fingerprint density at radius 3 is 2.70 bits per heavy atom. The van der Waals surface area contributed by atoms with Crippen LogP contribution in [0, 0.1) is 0 Å². The van der Waals surface area contributed by atoms with E-state index in [1.807, 2.05) is 18.1 Å². The predicted octanol–water partition coefficient (Wildman–Crippen LogP) is 1.09. The standard InChI is InChI=1S/C14H25N5O/c1-11(2)17-13-4-6-19(7-5-13)14(20)15-8-12-9-16-18(3)10-12/h9-11,13,17H,4-8H2,1-3H3,(H,15,20). The first-order valence-corrected chi connectivity index (χ1v) is 7.31. The number of nitrogens with one attached hydrogen (secondary N) is 2. The van der Waals surface area contributed by atoms with Gasteiger partial charge in [0, 0.05) is 50.5 Å². The molecule has 1 saturated heterocycles. The molecule has 2 N–H and O–H groups in total. The van der Waals surface area contributed by atoms with Crippen molar-refractivity contribution in [2.45, 2.75) is 45.3 Å². The number of urea groups is 1. The second-order valence-electron chi connectivity index (χ2n) is 5.76. The molecular formula is C14H25N5O. The lowest BCUT2D eigenvalue weighted by Gasteiger charge is -2.33. The summed E-state index contributed by atoms with van der Waals surface area (Å²) in [5, 5.41) is 10.6. The minimum Gasteiger partial charge on any atom is -0.334 e. The highest BCUT2D eigenvalue weighted by Gasteiger charge is 2.22. The summed E-state index contributed by atoms with van der Waals surface area (Å²) in [6.45, 7) is 6.50. The summed E-state index contributed by atoms with van der Waals surface area (Å²) >= 11 is 0. The van der Waals surface area contributed by atoms with Gasteiger partial charge in [-0.1, -0.05) is 13.8 Å². The summed E-state index contributed by atoms with van der Waals surface area (Å²) in [5.74, 6) is 0. The third-order valence-corrected chi connectivity index (χ3v) is 3.55. The fourth-order valence-corrected chi connectivity index (χ4v) is 2.57. The molecule has 1 fully saturated rings. The molecule has 6 heteroatoms. The summed E-state index contributed by atoms with van der Waals surface area (Å²) in [7, 11) is 1.87. The average molecular weight is 279 g/mol. The molecule has 0 atom stereocenters. The van der Waals surface area contributed by atoms with Gasteiger partial charge in [-0.3, -0.25) is 4.68 Å². The van der Waals surface area contributed by atoms with Crippen molar-refractivity contribution < 1.29 is 4.79 Å². The van der Waals surface area contributed by atoms with Crippen molar-refractivity contribution in [1.29, 1.82) is 0 Å². The van der Waals surface area contributed by atoms with Gasteiger partial charge in [-0.25, -0.2) is 4.79 Å². The minimum absolute atomic E-state index is 0.0249. The first-order chi connectivity index (χ1) is 9.54. The lowest BCUT2D eigenvalue weighted by molar-refractivity contribution is 0.174. The molecule has 1 aromatic heterocycles. The molecule has 0 aliphatic carbocycles. The number of rotatable bonds is 4. The summed E-state index contributed by atoms with van der Waals surface area (Å²) in [5.41, 5.74) is 1.03. The van der Waals surface area contributed by atoms with E-state index >= 15 is 0 Å². The van der Waals surface area contributed by atoms with Crippen molar-refractivity contribution in [2.24, 2.45) is 7.05 Å². The van der Waals surface area contributed by atoms with E-state index in [0.717, 1.165) is 31.5 Å². The van der Waals surface area contributed by atoms with Gasteiger partial charge < -0.3 is 15.5 Å². The number of aryl methyl sites for hydroxylation is 1. The molecule has 1 aliphatic rings. The highest BCUT2D eigenvalue weighted by atomic mass is 16.2. The third kappa shape index (κ3) is 4.23. The zero-order valence-corrected chi connectivity index (χ0v) is 12.6. The van der Waals surface area contributed by atoms with Crippen molar-refractivity contribution in [2.75, 3.05) is 13.1 Å². The zero-order chi connectivity index (χ0) is 14.5. The minimum atomic E-state index is 0.0249. The highest BCUT2D eigenvalue weighted by Crippen LogP contribution is 2.11. The largest absolute Gasteiger partial charge is 0.334 e. The van der Waals surface area contributed by atoms with E-state index < -0.39 is 0 Å². The number of likely N-dealkylation sites (tertiary alicyclic amines) is 1. The van der Waals surface area contributed by atoms with Gasteiger partial charge in [0.15, 0.2) is 0 Å². The lowest BCUT2D eigenvalue weighted by atomic mass is 10.0. The lowest BCUT2D eigenvalue weighted by Crippen LogP contribution is -2.49. The number of carbonyl (C=O) groups excluding carboxylic acids is 1. The van der Waals surface area contributed by atoms with Gasteiger partial charge in [-0.15, -0.1) is 0 Å². The van der Waals surface area contributed by atoms with Crippen molar-refractivity contribution in [1.82, 2.24) is 25.3 Å². The number of carbonyl (C=O) groups is 1. The van der Waals surface area contributed by atoms with Crippen LogP contribution in [0.2, 0.25) is 0 Å². The van der Waals surface area contributed by atoms with Gasteiger partial charge >= 0.3 is 6.03 Å². The van der Waals surface area contributed by atoms with Gasteiger partial charge in [-0.05, 0) is 12.8 Å². The molecular weight excluding hydrogens is 254 g/mol. The predicted molar refractivity (Wildman–Crippen MR) is 78.3 cm³/mol. The summed E-state index contributed by atoms with van der Waals surface area (Å²) < 4.78 is 1.74. The fraction of sp³-hybridized carbons (Fsp3) is 0.714. The van der Waals surface area contributed by atoms with Gasteiger partial charge in [-0.2, -0.15) is 5.10 Å². The van der Waals surface area contributed by atoms with Crippen LogP contribution in [-0.4, -0.2) is 45.9 Å². The van der Waals surface area contributed by atoms with Gasteiger partial charge in [0.05, 0.1) is 6.20 Å². The smallest absolute Gasteiger partial charge is 0.317 e. The van der Waals surface area contributed by atoms with Crippen molar-refractivity contribution in [3.05, 3.63) is 18.0 Å². The molecule has 0 aromatic carbocycles. The van der Waals surface area contributed by atoms with Crippen LogP contribution in [-0.2, 0) is 13.6 Å². The Kier molecular flexibility index (Phi) is 5.00. The summed E-state index contributed by atoms with van der Waals surface area (Å²) in [4.78, 5) is 14.0. The Hall–Kier alpha value is -1.56. The van der Waals surface area contributed by atoms with Crippen LogP contribution in [0.3, 0.4) is 0 Å². The van der Waals surface area contributed by atoms with Crippen LogP contribution in [0.4, 0.5) is 4.79 Å². The molecule has 2 rings (SSSR count). The molecule has 0 saturated carbocycles. The number of aromatic nitrogens is 2. The Labute approximate surface area is 120 Å². The Morgan fingerprint density at radius 1 is 1.45 bits per heavy atom. The number of hydrogen-bond acceptors (Lipinski definition) is 3. The second kappa shape index (κ2) is 6.74. The van der Waals surface area contributed by atoms with E-state index in [-0.39, 0.29) is 6.03 Å². The monoisotopic (exact) mass is 279 g/mol. The van der Waals surface area contributed by atoms with Gasteiger partial charge in [0.1, 0.15) is 0 Å². The molecule has 20 heavy (non-hydrogen) atoms. The summed E-state index contributed by atoms with van der Waals surface area (Å²) in [6, 6.07) is 1.07. The van der Waals surface area contributed by atoms with Crippen LogP contribution in [0.15, 0.2) is 12.4 Å². The van der Waals surface area contributed by atoms with Crippen LogP contribution in [0.1, 0.15) is 32.3 Å². The average Bonchev–Trinajstić information content (AvgIpc) is 2.82. The molecule has 0 spiro atoms. The van der Waals surface area contributed by atoms with Crippen molar-refractivity contribution in [3.63, 3.8) is 0 Å². The molecule has 112 valence electrons. The highest BCUT2D eigenvalue weighted by molar-refractivity contribution is 5.74. The Balaban J connectivity index is 1.72. The normalized spacial score (nSPS) is 16.7. The number of amides is 2. The van der Waals surface area contributed by atoms with E-state index in [4.69, 9.17) is 0 Å². The molecule has 1 aliphatic heterocycles. The van der Waals surface area contributed by atoms with Crippen molar-refractivity contribution >= 4 is 6.03 Å². The van der Waals surface area contributed by atoms with Crippen LogP contribution in [0.25, 0.3) is 0 Å². The topological polar surface area (TPSA) is 62.2 Å². The molecule has 6 nitrogen and oxygen atoms in total. The van der Waals surface area contributed by atoms with E-state index in [9.17, 15) is 4.79 Å². The Morgan fingerprint density at radius 2 is 2.15 bits per heavy atom. The number of hydrogen-bond donors (Lipinski definition) is 2. The maximum Gasteiger partial charge on any atom is 0.317 e. The maximum atomic E-state index is 12.1. The number of nitrogens with zero attached hydrogens (tertiary/aromatic N) is 3. The first-order valence-electron chi connectivity index (χ1n) is 7.31. The van der Waals surface area contributed by atoms with Crippen LogP contribution < -0.4 is 10.6 Å². The first kappa shape index (κ1) is 14.8. The number of piperidine rings is 1. The molecule has 0 radical (unpaired) electrons. The van der Waals surface area contributed by atoms with E-state index in [1.165, 1.54) is 0 Å². The van der Waals surface area contributed by atoms with Gasteiger partial charge in [0.25, 0.3) is 0 Å². The SMILES string of the molecule is CC(C)NC1CCN(C(=O)NCc2cnn(C)c2)CC1. The van der Waals surface area contributed by atoms with E-state index in [0.29, 0.717) is 18.6 Å². The quantitative estimate of drug-likeness (QED) is 0.867. The Bertz CT molecular complexity index is 435. The van der Waals surface area contributed by atoms with E-state index in [2.05, 4.69) is 29.6 Å². The summed E-state index contributed by atoms with van der Waals surface area (Å²) in [6.07, 6.45) is 5.75. The van der Waals surface area contributed by atoms with Gasteiger partial charge in [0.2, 0.25) is 0 Å². The van der Waals surface area contributed by atoms with Crippen molar-refractivity contribution in [3.8, 4) is 0 Å². The molecule has 2 amide bonds. The molecule has 0 unspecified atom stereocenters. The van der Waals surface area contributed by atoms with E-state index in [1.54, 1.807) is 10.9 Å². The zero-order valence-electron chi connectivity index (χ0n) is 12.6. The molecule has 1 aromatic rings. The molecule has 0 bridgehead atoms. The van der Waals surface area contributed by atoms with Crippen LogP contribution in [0.5, 0.6) is 0 Å². The maximum absolute atomic E-state index is 12.1.